The predicted molar refractivity (Wildman–Crippen MR) is 116 cm³/mol. The molecule has 0 aliphatic rings. The van der Waals surface area contributed by atoms with Gasteiger partial charge in [0.15, 0.2) is 6.61 Å². The number of aryl methyl sites for hydroxylation is 3. The molecule has 0 saturated carbocycles. The third-order valence-corrected chi connectivity index (χ3v) is 5.78. The zero-order valence-electron chi connectivity index (χ0n) is 17.9. The molecule has 0 spiro atoms. The molecule has 0 aliphatic carbocycles. The summed E-state index contributed by atoms with van der Waals surface area (Å²) in [5, 5.41) is -4.14. The lowest BCUT2D eigenvalue weighted by molar-refractivity contribution is -0.00937. The van der Waals surface area contributed by atoms with E-state index in [1.54, 1.807) is 6.07 Å². The van der Waals surface area contributed by atoms with Crippen molar-refractivity contribution in [2.45, 2.75) is 26.0 Å². The lowest BCUT2D eigenvalue weighted by atomic mass is 10.00. The molecule has 0 heterocycles. The second-order valence-electron chi connectivity index (χ2n) is 7.51. The third-order valence-electron chi connectivity index (χ3n) is 4.91. The lowest BCUT2D eigenvalue weighted by Gasteiger charge is -2.15. The minimum Gasteiger partial charge on any atom is -0.454 e. The van der Waals surface area contributed by atoms with Gasteiger partial charge >= 0.3 is 27.3 Å². The quantitative estimate of drug-likeness (QED) is 0.313. The van der Waals surface area contributed by atoms with E-state index in [2.05, 4.69) is 4.74 Å². The number of hydrogen-bond donors (Lipinski definition) is 1. The first-order chi connectivity index (χ1) is 15.3. The Kier molecular flexibility index (Phi) is 6.53. The fourth-order valence-corrected chi connectivity index (χ4v) is 3.65. The summed E-state index contributed by atoms with van der Waals surface area (Å²) in [6, 6.07) is 12.4. The Morgan fingerprint density at radius 1 is 0.909 bits per heavy atom. The van der Waals surface area contributed by atoms with E-state index in [-0.39, 0.29) is 16.5 Å². The Labute approximate surface area is 188 Å². The zero-order valence-corrected chi connectivity index (χ0v) is 18.7. The molecule has 0 saturated heterocycles. The van der Waals surface area contributed by atoms with Crippen LogP contribution in [0.1, 0.15) is 37.4 Å². The highest BCUT2D eigenvalue weighted by Crippen LogP contribution is 2.29. The molecular weight excluding hydrogens is 458 g/mol. The molecule has 0 radical (unpaired) electrons. The van der Waals surface area contributed by atoms with Crippen LogP contribution in [0.15, 0.2) is 48.5 Å². The highest BCUT2D eigenvalue weighted by Gasteiger charge is 2.45. The molecule has 0 bridgehead atoms. The van der Waals surface area contributed by atoms with Crippen LogP contribution in [0.2, 0.25) is 0 Å². The van der Waals surface area contributed by atoms with Crippen LogP contribution in [0.3, 0.4) is 0 Å². The largest absolute Gasteiger partial charge is 0.454 e. The monoisotopic (exact) mass is 478 g/mol. The smallest absolute Gasteiger partial charge is 0.402 e. The average molecular weight is 478 g/mol. The van der Waals surface area contributed by atoms with Crippen LogP contribution in [-0.2, 0) is 14.9 Å². The number of hydrogen-bond acceptors (Lipinski definition) is 6. The summed E-state index contributed by atoms with van der Waals surface area (Å²) in [5.74, 6) is -1.52. The van der Waals surface area contributed by atoms with Crippen LogP contribution >= 0.6 is 0 Å². The fraction of sp³-hybridized carbons (Fsp3) is 0.217. The molecule has 7 nitrogen and oxygen atoms in total. The molecule has 0 unspecified atom stereocenters. The first kappa shape index (κ1) is 24.3. The van der Waals surface area contributed by atoms with E-state index in [0.29, 0.717) is 11.1 Å². The van der Waals surface area contributed by atoms with Gasteiger partial charge in [-0.2, -0.15) is 17.2 Å². The van der Waals surface area contributed by atoms with Gasteiger partial charge < -0.3 is 9.47 Å². The predicted octanol–water partition coefficient (Wildman–Crippen LogP) is 4.62. The number of carbonyl (C=O) groups is 2. The van der Waals surface area contributed by atoms with Gasteiger partial charge in [0.05, 0.1) is 11.1 Å². The Bertz CT molecular complexity index is 1340. The Morgan fingerprint density at radius 2 is 1.39 bits per heavy atom. The fourth-order valence-electron chi connectivity index (χ4n) is 3.44. The molecule has 10 heteroatoms. The molecule has 1 N–H and O–H groups in total. The van der Waals surface area contributed by atoms with Gasteiger partial charge in [0.2, 0.25) is 0 Å². The molecule has 3 aromatic rings. The van der Waals surface area contributed by atoms with Crippen molar-refractivity contribution in [3.8, 4) is 5.75 Å². The van der Waals surface area contributed by atoms with E-state index in [4.69, 9.17) is 9.29 Å². The van der Waals surface area contributed by atoms with Gasteiger partial charge in [0.25, 0.3) is 0 Å². The first-order valence-electron chi connectivity index (χ1n) is 9.65. The number of benzene rings is 3. The van der Waals surface area contributed by atoms with Crippen molar-refractivity contribution in [3.05, 3.63) is 76.3 Å². The third kappa shape index (κ3) is 5.01. The van der Waals surface area contributed by atoms with Crippen molar-refractivity contribution in [1.82, 2.24) is 0 Å². The van der Waals surface area contributed by atoms with Crippen molar-refractivity contribution in [2.24, 2.45) is 0 Å². The summed E-state index contributed by atoms with van der Waals surface area (Å²) in [7, 11) is -5.75. The molecule has 174 valence electrons. The van der Waals surface area contributed by atoms with Gasteiger partial charge in [-0.05, 0) is 54.8 Å². The summed E-state index contributed by atoms with van der Waals surface area (Å²) in [4.78, 5) is 25.3. The minimum atomic E-state index is -5.75. The van der Waals surface area contributed by atoms with Crippen molar-refractivity contribution in [2.75, 3.05) is 6.61 Å². The number of alkyl halides is 2. The van der Waals surface area contributed by atoms with Gasteiger partial charge in [-0.1, -0.05) is 42.0 Å². The highest BCUT2D eigenvalue weighted by molar-refractivity contribution is 7.86. The average Bonchev–Trinajstić information content (AvgIpc) is 2.72. The number of rotatable bonds is 6. The maximum Gasteiger partial charge on any atom is 0.402 e. The van der Waals surface area contributed by atoms with Crippen LogP contribution in [0.4, 0.5) is 8.78 Å². The van der Waals surface area contributed by atoms with Gasteiger partial charge in [-0.15, -0.1) is 0 Å². The van der Waals surface area contributed by atoms with Crippen molar-refractivity contribution >= 4 is 32.8 Å². The number of halogens is 2. The minimum absolute atomic E-state index is 0.129. The molecular formula is C23H20F2O7S. The molecule has 3 rings (SSSR count). The van der Waals surface area contributed by atoms with E-state index in [1.165, 1.54) is 30.3 Å². The molecule has 0 amide bonds. The Hall–Kier alpha value is -3.37. The molecule has 0 fully saturated rings. The van der Waals surface area contributed by atoms with Crippen molar-refractivity contribution in [3.63, 3.8) is 0 Å². The number of fused-ring (bicyclic) bond motifs is 1. The number of esters is 2. The molecule has 0 atom stereocenters. The summed E-state index contributed by atoms with van der Waals surface area (Å²) in [6.45, 7) is 3.67. The van der Waals surface area contributed by atoms with E-state index in [1.807, 2.05) is 32.9 Å². The van der Waals surface area contributed by atoms with Crippen LogP contribution in [0.25, 0.3) is 10.8 Å². The summed E-state index contributed by atoms with van der Waals surface area (Å²) in [6.07, 6.45) is 0. The van der Waals surface area contributed by atoms with Crippen LogP contribution in [-0.4, -0.2) is 36.8 Å². The SMILES string of the molecule is Cc1cc(C)c(OC(=O)c2cccc3c(C(=O)OCC(F)(F)S(=O)(=O)O)cccc23)c(C)c1. The first-order valence-corrected chi connectivity index (χ1v) is 11.1. The van der Waals surface area contributed by atoms with Crippen molar-refractivity contribution in [1.29, 1.82) is 0 Å². The van der Waals surface area contributed by atoms with E-state index < -0.39 is 33.9 Å². The lowest BCUT2D eigenvalue weighted by Crippen LogP contribution is -2.34. The normalized spacial score (nSPS) is 11.9. The number of ether oxygens (including phenoxy) is 2. The second-order valence-corrected chi connectivity index (χ2v) is 9.06. The summed E-state index contributed by atoms with van der Waals surface area (Å²) in [5.41, 5.74) is 2.51. The molecule has 3 aromatic carbocycles. The Balaban J connectivity index is 1.94. The zero-order chi connectivity index (χ0) is 24.6. The highest BCUT2D eigenvalue weighted by atomic mass is 32.2. The van der Waals surface area contributed by atoms with Crippen LogP contribution < -0.4 is 4.74 Å². The van der Waals surface area contributed by atoms with Gasteiger partial charge in [-0.3, -0.25) is 4.55 Å². The summed E-state index contributed by atoms with van der Waals surface area (Å²) >= 11 is 0. The van der Waals surface area contributed by atoms with E-state index in [9.17, 15) is 26.8 Å². The van der Waals surface area contributed by atoms with Crippen LogP contribution in [0.5, 0.6) is 5.75 Å². The standard InChI is InChI=1S/C23H20F2O7S/c1-13-10-14(2)20(15(3)11-13)32-22(27)19-9-5-6-16-17(19)7-4-8-18(16)21(26)31-12-23(24,25)33(28,29)30/h4-11H,12H2,1-3H3,(H,28,29,30). The number of carbonyl (C=O) groups excluding carboxylic acids is 2. The van der Waals surface area contributed by atoms with Crippen LogP contribution in [0, 0.1) is 20.8 Å². The molecule has 0 aliphatic heterocycles. The van der Waals surface area contributed by atoms with Gasteiger partial charge in [0.1, 0.15) is 5.75 Å². The topological polar surface area (TPSA) is 107 Å². The molecule has 33 heavy (non-hydrogen) atoms. The van der Waals surface area contributed by atoms with Crippen molar-refractivity contribution < 1.29 is 40.8 Å². The maximum atomic E-state index is 13.4. The Morgan fingerprint density at radius 3 is 1.88 bits per heavy atom. The van der Waals surface area contributed by atoms with E-state index in [0.717, 1.165) is 16.7 Å². The molecule has 0 aromatic heterocycles. The van der Waals surface area contributed by atoms with Gasteiger partial charge in [0, 0.05) is 0 Å². The summed E-state index contributed by atoms with van der Waals surface area (Å²) < 4.78 is 66.8. The van der Waals surface area contributed by atoms with E-state index >= 15 is 0 Å². The maximum absolute atomic E-state index is 13.4. The van der Waals surface area contributed by atoms with Gasteiger partial charge in [-0.25, -0.2) is 9.59 Å². The second kappa shape index (κ2) is 8.87.